The monoisotopic (exact) mass is 158 g/mol. The summed E-state index contributed by atoms with van der Waals surface area (Å²) in [5.74, 6) is 0. The van der Waals surface area contributed by atoms with Crippen LogP contribution in [-0.4, -0.2) is 21.4 Å². The van der Waals surface area contributed by atoms with Crippen LogP contribution in [0, 0.1) is 0 Å². The Morgan fingerprint density at radius 3 is 1.64 bits per heavy atom. The van der Waals surface area contributed by atoms with Crippen molar-refractivity contribution in [1.82, 2.24) is 0 Å². The Hall–Kier alpha value is -0.0800. The van der Waals surface area contributed by atoms with Gasteiger partial charge in [-0.05, 0) is 32.1 Å². The second-order valence-corrected chi connectivity index (χ2v) is 3.62. The largest absolute Gasteiger partial charge is 0.387 e. The Bertz CT molecular complexity index is 130. The molecule has 1 rings (SSSR count). The molecule has 1 aliphatic carbocycles. The molecule has 0 saturated heterocycles. The molecule has 0 heterocycles. The van der Waals surface area contributed by atoms with Crippen molar-refractivity contribution in [2.75, 3.05) is 0 Å². The van der Waals surface area contributed by atoms with E-state index in [4.69, 9.17) is 0 Å². The lowest BCUT2D eigenvalue weighted by Crippen LogP contribution is -2.48. The van der Waals surface area contributed by atoms with E-state index < -0.39 is 11.2 Å². The van der Waals surface area contributed by atoms with Gasteiger partial charge in [0.05, 0.1) is 11.2 Å². The van der Waals surface area contributed by atoms with Crippen molar-refractivity contribution in [3.05, 3.63) is 0 Å². The van der Waals surface area contributed by atoms with E-state index in [2.05, 4.69) is 0 Å². The summed E-state index contributed by atoms with van der Waals surface area (Å²) >= 11 is 0. The molecule has 0 aromatic carbocycles. The zero-order valence-electron chi connectivity index (χ0n) is 7.43. The zero-order chi connectivity index (χ0) is 8.54. The van der Waals surface area contributed by atoms with Gasteiger partial charge in [0.15, 0.2) is 0 Å². The molecule has 0 aliphatic heterocycles. The molecule has 2 nitrogen and oxygen atoms in total. The second kappa shape index (κ2) is 2.76. The van der Waals surface area contributed by atoms with E-state index >= 15 is 0 Å². The predicted molar refractivity (Wildman–Crippen MR) is 44.3 cm³/mol. The molecule has 11 heavy (non-hydrogen) atoms. The molecule has 0 bridgehead atoms. The Morgan fingerprint density at radius 2 is 1.36 bits per heavy atom. The van der Waals surface area contributed by atoms with E-state index in [0.29, 0.717) is 12.8 Å². The minimum absolute atomic E-state index is 0.664. The van der Waals surface area contributed by atoms with Gasteiger partial charge in [-0.1, -0.05) is 13.8 Å². The topological polar surface area (TPSA) is 40.5 Å². The first-order chi connectivity index (χ1) is 5.08. The van der Waals surface area contributed by atoms with Crippen LogP contribution in [0.5, 0.6) is 0 Å². The molecule has 2 N–H and O–H groups in total. The molecule has 0 amide bonds. The van der Waals surface area contributed by atoms with Crippen LogP contribution in [0.4, 0.5) is 0 Å². The molecule has 1 fully saturated rings. The first kappa shape index (κ1) is 9.01. The van der Waals surface area contributed by atoms with Gasteiger partial charge in [0.1, 0.15) is 0 Å². The molecular weight excluding hydrogens is 140 g/mol. The van der Waals surface area contributed by atoms with Gasteiger partial charge in [-0.15, -0.1) is 0 Å². The molecule has 2 heteroatoms. The maximum Gasteiger partial charge on any atom is 0.0930 e. The van der Waals surface area contributed by atoms with Gasteiger partial charge < -0.3 is 10.2 Å². The molecule has 2 atom stereocenters. The van der Waals surface area contributed by atoms with E-state index in [1.165, 1.54) is 0 Å². The minimum Gasteiger partial charge on any atom is -0.387 e. The van der Waals surface area contributed by atoms with Crippen LogP contribution in [0.15, 0.2) is 0 Å². The highest BCUT2D eigenvalue weighted by Crippen LogP contribution is 2.43. The predicted octanol–water partition coefficient (Wildman–Crippen LogP) is 1.45. The molecule has 0 spiro atoms. The maximum absolute atomic E-state index is 9.97. The van der Waals surface area contributed by atoms with Crippen LogP contribution in [-0.2, 0) is 0 Å². The van der Waals surface area contributed by atoms with Crippen molar-refractivity contribution in [2.24, 2.45) is 0 Å². The second-order valence-electron chi connectivity index (χ2n) is 3.62. The molecule has 0 aromatic heterocycles. The van der Waals surface area contributed by atoms with E-state index in [1.54, 1.807) is 0 Å². The van der Waals surface area contributed by atoms with E-state index in [1.807, 2.05) is 13.8 Å². The smallest absolute Gasteiger partial charge is 0.0930 e. The Balaban J connectivity index is 2.79. The van der Waals surface area contributed by atoms with Crippen LogP contribution < -0.4 is 0 Å². The third-order valence-electron chi connectivity index (χ3n) is 3.22. The lowest BCUT2D eigenvalue weighted by molar-refractivity contribution is -0.133. The third kappa shape index (κ3) is 1.18. The lowest BCUT2D eigenvalue weighted by atomic mass is 9.82. The molecule has 1 aliphatic rings. The number of rotatable bonds is 2. The van der Waals surface area contributed by atoms with Gasteiger partial charge in [-0.2, -0.15) is 0 Å². The Labute approximate surface area is 68.2 Å². The summed E-state index contributed by atoms with van der Waals surface area (Å²) in [6, 6.07) is 0. The fourth-order valence-corrected chi connectivity index (χ4v) is 2.15. The van der Waals surface area contributed by atoms with Gasteiger partial charge in [-0.25, -0.2) is 0 Å². The van der Waals surface area contributed by atoms with Crippen molar-refractivity contribution < 1.29 is 10.2 Å². The van der Waals surface area contributed by atoms with Gasteiger partial charge >= 0.3 is 0 Å². The fraction of sp³-hybridized carbons (Fsp3) is 1.00. The summed E-state index contributed by atoms with van der Waals surface area (Å²) in [7, 11) is 0. The van der Waals surface area contributed by atoms with Gasteiger partial charge in [-0.3, -0.25) is 0 Å². The molecular formula is C9H18O2. The van der Waals surface area contributed by atoms with Crippen molar-refractivity contribution in [1.29, 1.82) is 0 Å². The highest BCUT2D eigenvalue weighted by atomic mass is 16.4. The summed E-state index contributed by atoms with van der Waals surface area (Å²) < 4.78 is 0. The van der Waals surface area contributed by atoms with Crippen molar-refractivity contribution >= 4 is 0 Å². The van der Waals surface area contributed by atoms with Crippen LogP contribution in [0.2, 0.25) is 0 Å². The van der Waals surface area contributed by atoms with Crippen molar-refractivity contribution in [3.8, 4) is 0 Å². The van der Waals surface area contributed by atoms with Crippen LogP contribution in [0.3, 0.4) is 0 Å². The highest BCUT2D eigenvalue weighted by Gasteiger charge is 2.50. The molecule has 0 radical (unpaired) electrons. The van der Waals surface area contributed by atoms with E-state index in [-0.39, 0.29) is 0 Å². The van der Waals surface area contributed by atoms with Crippen molar-refractivity contribution in [3.63, 3.8) is 0 Å². The fourth-order valence-electron chi connectivity index (χ4n) is 2.15. The minimum atomic E-state index is -0.804. The average molecular weight is 158 g/mol. The highest BCUT2D eigenvalue weighted by molar-refractivity contribution is 5.03. The SMILES string of the molecule is CCC1(O)CCC[C@@]1(O)CC. The molecule has 1 saturated carbocycles. The first-order valence-corrected chi connectivity index (χ1v) is 4.53. The molecule has 1 unspecified atom stereocenters. The summed E-state index contributed by atoms with van der Waals surface area (Å²) in [6.07, 6.45) is 3.80. The van der Waals surface area contributed by atoms with Gasteiger partial charge in [0, 0.05) is 0 Å². The quantitative estimate of drug-likeness (QED) is 0.638. The molecule has 0 aromatic rings. The Morgan fingerprint density at radius 1 is 1.00 bits per heavy atom. The first-order valence-electron chi connectivity index (χ1n) is 4.53. The van der Waals surface area contributed by atoms with Gasteiger partial charge in [0.25, 0.3) is 0 Å². The summed E-state index contributed by atoms with van der Waals surface area (Å²) in [5.41, 5.74) is -1.61. The Kier molecular flexibility index (Phi) is 2.26. The summed E-state index contributed by atoms with van der Waals surface area (Å²) in [4.78, 5) is 0. The van der Waals surface area contributed by atoms with Crippen LogP contribution in [0.1, 0.15) is 46.0 Å². The summed E-state index contributed by atoms with van der Waals surface area (Å²) in [6.45, 7) is 3.87. The van der Waals surface area contributed by atoms with Gasteiger partial charge in [0.2, 0.25) is 0 Å². The van der Waals surface area contributed by atoms with Crippen LogP contribution in [0.25, 0.3) is 0 Å². The van der Waals surface area contributed by atoms with Crippen LogP contribution >= 0.6 is 0 Å². The summed E-state index contributed by atoms with van der Waals surface area (Å²) in [5, 5.41) is 19.9. The standard InChI is InChI=1S/C9H18O2/c1-3-8(10)6-5-7-9(8,11)4-2/h10-11H,3-7H2,1-2H3/t8-,9?/m0/s1. The average Bonchev–Trinajstić information content (AvgIpc) is 2.31. The number of hydrogen-bond donors (Lipinski definition) is 2. The number of aliphatic hydroxyl groups is 2. The normalized spacial score (nSPS) is 44.7. The van der Waals surface area contributed by atoms with E-state index in [0.717, 1.165) is 19.3 Å². The third-order valence-corrected chi connectivity index (χ3v) is 3.22. The van der Waals surface area contributed by atoms with E-state index in [9.17, 15) is 10.2 Å². The molecule has 66 valence electrons. The lowest BCUT2D eigenvalue weighted by Gasteiger charge is -2.36. The zero-order valence-corrected chi connectivity index (χ0v) is 7.43. The van der Waals surface area contributed by atoms with Crippen molar-refractivity contribution in [2.45, 2.75) is 57.2 Å². The maximum atomic E-state index is 9.97. The number of hydrogen-bond acceptors (Lipinski definition) is 2.